The molecule has 1 heterocycles. The minimum Gasteiger partial charge on any atom is -0.464 e. The molecule has 9 heteroatoms. The molecular formula is C25H22N2O6S. The molecule has 0 saturated carbocycles. The van der Waals surface area contributed by atoms with Gasteiger partial charge in [-0.15, -0.1) is 0 Å². The van der Waals surface area contributed by atoms with Gasteiger partial charge >= 0.3 is 5.97 Å². The van der Waals surface area contributed by atoms with Crippen molar-refractivity contribution in [3.63, 3.8) is 0 Å². The third-order valence-electron chi connectivity index (χ3n) is 5.38. The molecule has 0 fully saturated rings. The van der Waals surface area contributed by atoms with Crippen LogP contribution in [0.4, 0.5) is 0 Å². The van der Waals surface area contributed by atoms with Gasteiger partial charge < -0.3 is 10.1 Å². The van der Waals surface area contributed by atoms with Crippen molar-refractivity contribution >= 4 is 27.8 Å². The lowest BCUT2D eigenvalue weighted by Crippen LogP contribution is -2.34. The molecule has 2 amide bonds. The Balaban J connectivity index is 1.39. The highest BCUT2D eigenvalue weighted by atomic mass is 32.2. The van der Waals surface area contributed by atoms with E-state index in [9.17, 15) is 22.8 Å². The summed E-state index contributed by atoms with van der Waals surface area (Å²) in [6, 6.07) is 22.9. The van der Waals surface area contributed by atoms with Crippen LogP contribution in [0.15, 0.2) is 89.8 Å². The normalized spacial score (nSPS) is 14.8. The molecule has 0 unspecified atom stereocenters. The van der Waals surface area contributed by atoms with E-state index in [1.54, 1.807) is 66.7 Å². The molecule has 0 aromatic heterocycles. The Morgan fingerprint density at radius 2 is 1.50 bits per heavy atom. The van der Waals surface area contributed by atoms with Gasteiger partial charge in [-0.25, -0.2) is 12.7 Å². The first kappa shape index (κ1) is 23.2. The first-order chi connectivity index (χ1) is 16.4. The van der Waals surface area contributed by atoms with E-state index in [1.807, 2.05) is 6.07 Å². The van der Waals surface area contributed by atoms with Gasteiger partial charge in [0.05, 0.1) is 24.6 Å². The predicted molar refractivity (Wildman–Crippen MR) is 123 cm³/mol. The van der Waals surface area contributed by atoms with Crippen LogP contribution < -0.4 is 5.32 Å². The van der Waals surface area contributed by atoms with Crippen LogP contribution in [0.2, 0.25) is 0 Å². The molecule has 0 saturated heterocycles. The van der Waals surface area contributed by atoms with Crippen LogP contribution in [0.1, 0.15) is 38.7 Å². The number of esters is 1. The van der Waals surface area contributed by atoms with Crippen LogP contribution in [0, 0.1) is 0 Å². The van der Waals surface area contributed by atoms with Crippen LogP contribution in [-0.2, 0) is 19.6 Å². The molecule has 0 aliphatic carbocycles. The highest BCUT2D eigenvalue weighted by Gasteiger charge is 2.40. The number of hydrogen-bond donors (Lipinski definition) is 1. The van der Waals surface area contributed by atoms with E-state index in [2.05, 4.69) is 5.32 Å². The maximum Gasteiger partial charge on any atom is 0.308 e. The lowest BCUT2D eigenvalue weighted by atomic mass is 10.0. The number of sulfonamides is 1. The highest BCUT2D eigenvalue weighted by molar-refractivity contribution is 7.90. The lowest BCUT2D eigenvalue weighted by molar-refractivity contribution is -0.144. The molecule has 0 spiro atoms. The lowest BCUT2D eigenvalue weighted by Gasteiger charge is -2.19. The van der Waals surface area contributed by atoms with Crippen molar-refractivity contribution in [3.8, 4) is 0 Å². The Labute approximate surface area is 197 Å². The third kappa shape index (κ3) is 4.84. The van der Waals surface area contributed by atoms with Crippen molar-refractivity contribution in [2.75, 3.05) is 13.2 Å². The predicted octanol–water partition coefficient (Wildman–Crippen LogP) is 2.94. The molecule has 34 heavy (non-hydrogen) atoms. The van der Waals surface area contributed by atoms with Crippen molar-refractivity contribution < 1.29 is 27.5 Å². The van der Waals surface area contributed by atoms with Crippen LogP contribution in [0.5, 0.6) is 0 Å². The van der Waals surface area contributed by atoms with E-state index in [4.69, 9.17) is 4.74 Å². The molecule has 1 atom stereocenters. The van der Waals surface area contributed by atoms with Gasteiger partial charge in [-0.1, -0.05) is 60.7 Å². The summed E-state index contributed by atoms with van der Waals surface area (Å²) in [6.45, 7) is -0.597. The molecule has 3 aromatic carbocycles. The fraction of sp³-hybridized carbons (Fsp3) is 0.160. The summed E-state index contributed by atoms with van der Waals surface area (Å²) < 4.78 is 31.2. The van der Waals surface area contributed by atoms with Gasteiger partial charge in [-0.2, -0.15) is 0 Å². The van der Waals surface area contributed by atoms with Gasteiger partial charge in [-0.05, 0) is 29.8 Å². The molecule has 0 bridgehead atoms. The van der Waals surface area contributed by atoms with Crippen molar-refractivity contribution in [2.24, 2.45) is 0 Å². The first-order valence-corrected chi connectivity index (χ1v) is 12.0. The topological polar surface area (TPSA) is 110 Å². The zero-order valence-corrected chi connectivity index (χ0v) is 18.9. The second-order valence-electron chi connectivity index (χ2n) is 7.61. The Hall–Kier alpha value is -3.98. The molecule has 8 nitrogen and oxygen atoms in total. The number of amides is 2. The summed E-state index contributed by atoms with van der Waals surface area (Å²) in [5, 5.41) is 2.84. The van der Waals surface area contributed by atoms with Gasteiger partial charge in [0.25, 0.3) is 21.8 Å². The Morgan fingerprint density at radius 3 is 2.18 bits per heavy atom. The van der Waals surface area contributed by atoms with Gasteiger partial charge in [-0.3, -0.25) is 14.4 Å². The number of hydrogen-bond acceptors (Lipinski definition) is 6. The smallest absolute Gasteiger partial charge is 0.308 e. The standard InChI is InChI=1S/C25H22N2O6S/c28-23(33-16-15-27-25(30)20-13-7-8-14-22(20)34(27,31)32)17-21(18-9-3-1-4-10-18)26-24(29)19-11-5-2-6-12-19/h1-14,21H,15-17H2,(H,26,29)/t21-/m0/s1. The van der Waals surface area contributed by atoms with Crippen molar-refractivity contribution in [2.45, 2.75) is 17.4 Å². The number of ether oxygens (including phenoxy) is 1. The Kier molecular flexibility index (Phi) is 6.74. The molecule has 1 aliphatic heterocycles. The van der Waals surface area contributed by atoms with E-state index >= 15 is 0 Å². The average Bonchev–Trinajstić information content (AvgIpc) is 3.05. The Bertz CT molecular complexity index is 1310. The number of fused-ring (bicyclic) bond motifs is 1. The third-order valence-corrected chi connectivity index (χ3v) is 7.22. The van der Waals surface area contributed by atoms with E-state index < -0.39 is 27.9 Å². The van der Waals surface area contributed by atoms with Crippen LogP contribution >= 0.6 is 0 Å². The number of benzene rings is 3. The molecule has 1 N–H and O–H groups in total. The van der Waals surface area contributed by atoms with Crippen LogP contribution in [0.25, 0.3) is 0 Å². The monoisotopic (exact) mass is 478 g/mol. The number of carbonyl (C=O) groups excluding carboxylic acids is 3. The molecular weight excluding hydrogens is 456 g/mol. The fourth-order valence-corrected chi connectivity index (χ4v) is 5.24. The molecule has 174 valence electrons. The summed E-state index contributed by atoms with van der Waals surface area (Å²) in [5.74, 6) is -1.62. The van der Waals surface area contributed by atoms with Gasteiger partial charge in [0, 0.05) is 5.56 Å². The number of rotatable bonds is 8. The molecule has 0 radical (unpaired) electrons. The zero-order chi connectivity index (χ0) is 24.1. The minimum atomic E-state index is -3.97. The van der Waals surface area contributed by atoms with Crippen molar-refractivity contribution in [1.82, 2.24) is 9.62 Å². The first-order valence-electron chi connectivity index (χ1n) is 10.6. The van der Waals surface area contributed by atoms with Crippen LogP contribution in [-0.4, -0.2) is 43.7 Å². The second-order valence-corrected chi connectivity index (χ2v) is 9.44. The molecule has 3 aromatic rings. The summed E-state index contributed by atoms with van der Waals surface area (Å²) in [7, 11) is -3.97. The van der Waals surface area contributed by atoms with Crippen LogP contribution in [0.3, 0.4) is 0 Å². The minimum absolute atomic E-state index is 0.0564. The van der Waals surface area contributed by atoms with Crippen molar-refractivity contribution in [3.05, 3.63) is 102 Å². The summed E-state index contributed by atoms with van der Waals surface area (Å²) in [5.41, 5.74) is 1.27. The quantitative estimate of drug-likeness (QED) is 0.499. The average molecular weight is 479 g/mol. The van der Waals surface area contributed by atoms with Gasteiger partial charge in [0.1, 0.15) is 11.5 Å². The van der Waals surface area contributed by atoms with E-state index in [1.165, 1.54) is 12.1 Å². The summed E-state index contributed by atoms with van der Waals surface area (Å²) in [6.07, 6.45) is -0.163. The maximum absolute atomic E-state index is 12.6. The highest BCUT2D eigenvalue weighted by Crippen LogP contribution is 2.29. The number of carbonyl (C=O) groups is 3. The maximum atomic E-state index is 12.6. The largest absolute Gasteiger partial charge is 0.464 e. The van der Waals surface area contributed by atoms with E-state index in [0.717, 1.165) is 5.56 Å². The Morgan fingerprint density at radius 1 is 0.882 bits per heavy atom. The SMILES string of the molecule is O=C(C[C@H](NC(=O)c1ccccc1)c1ccccc1)OCCN1C(=O)c2ccccc2S1(=O)=O. The molecule has 1 aliphatic rings. The van der Waals surface area contributed by atoms with Crippen molar-refractivity contribution in [1.29, 1.82) is 0 Å². The summed E-state index contributed by atoms with van der Waals surface area (Å²) in [4.78, 5) is 37.6. The zero-order valence-electron chi connectivity index (χ0n) is 18.1. The van der Waals surface area contributed by atoms with E-state index in [0.29, 0.717) is 9.87 Å². The van der Waals surface area contributed by atoms with E-state index in [-0.39, 0.29) is 35.9 Å². The fourth-order valence-electron chi connectivity index (χ4n) is 3.69. The number of nitrogens with zero attached hydrogens (tertiary/aromatic N) is 1. The summed E-state index contributed by atoms with van der Waals surface area (Å²) >= 11 is 0. The van der Waals surface area contributed by atoms with Gasteiger partial charge in [0.2, 0.25) is 0 Å². The molecule has 4 rings (SSSR count). The number of nitrogens with one attached hydrogen (secondary N) is 1. The van der Waals surface area contributed by atoms with Gasteiger partial charge in [0.15, 0.2) is 0 Å². The second kappa shape index (κ2) is 9.88.